The Balaban J connectivity index is 1.52. The van der Waals surface area contributed by atoms with E-state index in [2.05, 4.69) is 6.07 Å². The molecule has 1 aromatic rings. The summed E-state index contributed by atoms with van der Waals surface area (Å²) in [6.45, 7) is 0.779. The molecule has 1 spiro atoms. The molecule has 3 aliphatic rings. The number of hydrogen-bond acceptors (Lipinski definition) is 3. The van der Waals surface area contributed by atoms with E-state index >= 15 is 0 Å². The molecule has 0 N–H and O–H groups in total. The standard InChI is InChI=1S/C18H24O2S/c19-17(16-11-13-5-1-2-6-15(13)21-16)14-7-10-20-18(12-14)8-3-4-9-18/h11,14H,1-10,12H2. The quantitative estimate of drug-likeness (QED) is 0.749. The number of carbonyl (C=O) groups excluding carboxylic acids is 1. The minimum Gasteiger partial charge on any atom is -0.375 e. The maximum absolute atomic E-state index is 12.9. The van der Waals surface area contributed by atoms with Gasteiger partial charge in [-0.15, -0.1) is 11.3 Å². The number of Topliss-reactive ketones (excluding diaryl/α,β-unsaturated/α-hetero) is 1. The van der Waals surface area contributed by atoms with E-state index in [1.165, 1.54) is 49.0 Å². The van der Waals surface area contributed by atoms with Crippen molar-refractivity contribution in [2.45, 2.75) is 69.8 Å². The summed E-state index contributed by atoms with van der Waals surface area (Å²) < 4.78 is 6.08. The summed E-state index contributed by atoms with van der Waals surface area (Å²) in [5.41, 5.74) is 1.51. The van der Waals surface area contributed by atoms with Crippen LogP contribution in [-0.2, 0) is 17.6 Å². The van der Waals surface area contributed by atoms with Crippen LogP contribution in [0.15, 0.2) is 6.07 Å². The van der Waals surface area contributed by atoms with E-state index in [0.29, 0.717) is 5.78 Å². The topological polar surface area (TPSA) is 26.3 Å². The molecule has 2 aliphatic carbocycles. The second-order valence-corrected chi connectivity index (χ2v) is 8.20. The summed E-state index contributed by atoms with van der Waals surface area (Å²) in [6.07, 6.45) is 11.7. The van der Waals surface area contributed by atoms with E-state index in [0.717, 1.165) is 37.2 Å². The predicted octanol–water partition coefficient (Wildman–Crippen LogP) is 4.55. The number of ketones is 1. The lowest BCUT2D eigenvalue weighted by atomic mass is 9.82. The van der Waals surface area contributed by atoms with Crippen molar-refractivity contribution in [3.8, 4) is 0 Å². The number of ether oxygens (including phenoxy) is 1. The van der Waals surface area contributed by atoms with Gasteiger partial charge in [-0.05, 0) is 63.0 Å². The van der Waals surface area contributed by atoms with Gasteiger partial charge in [0, 0.05) is 17.4 Å². The van der Waals surface area contributed by atoms with Crippen molar-refractivity contribution in [3.05, 3.63) is 21.4 Å². The van der Waals surface area contributed by atoms with E-state index in [1.54, 1.807) is 11.3 Å². The van der Waals surface area contributed by atoms with Crippen LogP contribution in [0.3, 0.4) is 0 Å². The molecular weight excluding hydrogens is 280 g/mol. The van der Waals surface area contributed by atoms with Crippen molar-refractivity contribution in [2.75, 3.05) is 6.61 Å². The van der Waals surface area contributed by atoms with Gasteiger partial charge in [-0.2, -0.15) is 0 Å². The van der Waals surface area contributed by atoms with Crippen molar-refractivity contribution in [3.63, 3.8) is 0 Å². The molecule has 3 heteroatoms. The van der Waals surface area contributed by atoms with Crippen LogP contribution in [0.1, 0.15) is 71.5 Å². The second-order valence-electron chi connectivity index (χ2n) is 7.06. The fourth-order valence-electron chi connectivity index (χ4n) is 4.43. The Bertz CT molecular complexity index is 516. The minimum absolute atomic E-state index is 0.0510. The first kappa shape index (κ1) is 14.0. The summed E-state index contributed by atoms with van der Waals surface area (Å²) in [7, 11) is 0. The molecule has 1 aromatic heterocycles. The molecule has 114 valence electrons. The van der Waals surface area contributed by atoms with Crippen LogP contribution in [0, 0.1) is 5.92 Å². The normalized spacial score (nSPS) is 27.7. The van der Waals surface area contributed by atoms with Gasteiger partial charge in [0.05, 0.1) is 10.5 Å². The van der Waals surface area contributed by atoms with Crippen LogP contribution >= 0.6 is 11.3 Å². The van der Waals surface area contributed by atoms with E-state index in [-0.39, 0.29) is 11.5 Å². The van der Waals surface area contributed by atoms with Gasteiger partial charge in [0.15, 0.2) is 5.78 Å². The molecule has 0 amide bonds. The lowest BCUT2D eigenvalue weighted by molar-refractivity contribution is -0.0865. The molecule has 2 heterocycles. The van der Waals surface area contributed by atoms with E-state index in [4.69, 9.17) is 4.74 Å². The molecule has 21 heavy (non-hydrogen) atoms. The van der Waals surface area contributed by atoms with Gasteiger partial charge in [0.1, 0.15) is 0 Å². The van der Waals surface area contributed by atoms with Crippen molar-refractivity contribution in [2.24, 2.45) is 5.92 Å². The Morgan fingerprint density at radius 3 is 2.81 bits per heavy atom. The number of rotatable bonds is 2. The first-order valence-corrected chi connectivity index (χ1v) is 9.37. The van der Waals surface area contributed by atoms with Gasteiger partial charge in [0.25, 0.3) is 0 Å². The molecular formula is C18H24O2S. The van der Waals surface area contributed by atoms with E-state index in [9.17, 15) is 4.79 Å². The van der Waals surface area contributed by atoms with Crippen molar-refractivity contribution in [1.29, 1.82) is 0 Å². The van der Waals surface area contributed by atoms with Gasteiger partial charge in [-0.25, -0.2) is 0 Å². The van der Waals surface area contributed by atoms with Crippen molar-refractivity contribution < 1.29 is 9.53 Å². The van der Waals surface area contributed by atoms with Crippen LogP contribution in [0.2, 0.25) is 0 Å². The zero-order valence-corrected chi connectivity index (χ0v) is 13.5. The van der Waals surface area contributed by atoms with Crippen LogP contribution in [0.25, 0.3) is 0 Å². The second kappa shape index (κ2) is 5.51. The molecule has 1 saturated carbocycles. The van der Waals surface area contributed by atoms with Gasteiger partial charge in [-0.3, -0.25) is 4.79 Å². The summed E-state index contributed by atoms with van der Waals surface area (Å²) in [5, 5.41) is 0. The Morgan fingerprint density at radius 2 is 2.00 bits per heavy atom. The zero-order chi connectivity index (χ0) is 14.3. The van der Waals surface area contributed by atoms with Crippen LogP contribution in [0.5, 0.6) is 0 Å². The molecule has 2 nitrogen and oxygen atoms in total. The largest absolute Gasteiger partial charge is 0.375 e. The fraction of sp³-hybridized carbons (Fsp3) is 0.722. The lowest BCUT2D eigenvalue weighted by Gasteiger charge is -2.37. The van der Waals surface area contributed by atoms with Crippen LogP contribution < -0.4 is 0 Å². The molecule has 2 fully saturated rings. The number of fused-ring (bicyclic) bond motifs is 1. The lowest BCUT2D eigenvalue weighted by Crippen LogP contribution is -2.39. The highest BCUT2D eigenvalue weighted by molar-refractivity contribution is 7.14. The maximum atomic E-state index is 12.9. The fourth-order valence-corrected chi connectivity index (χ4v) is 5.70. The monoisotopic (exact) mass is 304 g/mol. The maximum Gasteiger partial charge on any atom is 0.176 e. The van der Waals surface area contributed by atoms with Crippen LogP contribution in [-0.4, -0.2) is 18.0 Å². The molecule has 1 atom stereocenters. The third-order valence-electron chi connectivity index (χ3n) is 5.62. The molecule has 1 unspecified atom stereocenters. The summed E-state index contributed by atoms with van der Waals surface area (Å²) in [5.74, 6) is 0.612. The minimum atomic E-state index is 0.0510. The molecule has 0 aromatic carbocycles. The molecule has 1 saturated heterocycles. The van der Waals surface area contributed by atoms with Gasteiger partial charge >= 0.3 is 0 Å². The Morgan fingerprint density at radius 1 is 1.19 bits per heavy atom. The molecule has 4 rings (SSSR count). The predicted molar refractivity (Wildman–Crippen MR) is 85.2 cm³/mol. The Kier molecular flexibility index (Phi) is 3.66. The summed E-state index contributed by atoms with van der Waals surface area (Å²) >= 11 is 1.78. The number of aryl methyl sites for hydroxylation is 2. The van der Waals surface area contributed by atoms with Gasteiger partial charge in [-0.1, -0.05) is 12.8 Å². The van der Waals surface area contributed by atoms with E-state index < -0.39 is 0 Å². The first-order valence-electron chi connectivity index (χ1n) is 8.56. The zero-order valence-electron chi connectivity index (χ0n) is 12.7. The smallest absolute Gasteiger partial charge is 0.176 e. The highest BCUT2D eigenvalue weighted by Crippen LogP contribution is 2.43. The highest BCUT2D eigenvalue weighted by atomic mass is 32.1. The van der Waals surface area contributed by atoms with E-state index in [1.807, 2.05) is 0 Å². The molecule has 0 bridgehead atoms. The third kappa shape index (κ3) is 2.59. The Labute approximate surface area is 130 Å². The Hall–Kier alpha value is -0.670. The SMILES string of the molecule is O=C(c1cc2c(s1)CCCC2)C1CCOC2(CCCC2)C1. The molecule has 0 radical (unpaired) electrons. The average molecular weight is 304 g/mol. The van der Waals surface area contributed by atoms with Gasteiger partial charge < -0.3 is 4.74 Å². The third-order valence-corrected chi connectivity index (χ3v) is 6.87. The van der Waals surface area contributed by atoms with Crippen molar-refractivity contribution in [1.82, 2.24) is 0 Å². The summed E-state index contributed by atoms with van der Waals surface area (Å²) in [6, 6.07) is 2.21. The highest BCUT2D eigenvalue weighted by Gasteiger charge is 2.42. The number of hydrogen-bond donors (Lipinski definition) is 0. The number of thiophene rings is 1. The van der Waals surface area contributed by atoms with Gasteiger partial charge in [0.2, 0.25) is 0 Å². The average Bonchev–Trinajstić information content (AvgIpc) is 3.13. The molecule has 1 aliphatic heterocycles. The summed E-state index contributed by atoms with van der Waals surface area (Å²) in [4.78, 5) is 15.4. The van der Waals surface area contributed by atoms with Crippen molar-refractivity contribution >= 4 is 17.1 Å². The van der Waals surface area contributed by atoms with Crippen LogP contribution in [0.4, 0.5) is 0 Å². The number of carbonyl (C=O) groups is 1. The first-order chi connectivity index (χ1) is 10.3.